The lowest BCUT2D eigenvalue weighted by Gasteiger charge is -2.45. The van der Waals surface area contributed by atoms with E-state index in [0.717, 1.165) is 55.2 Å². The molecule has 6 unspecified atom stereocenters. The van der Waals surface area contributed by atoms with E-state index in [1.54, 1.807) is 24.3 Å². The molecule has 5 aromatic rings. The van der Waals surface area contributed by atoms with E-state index < -0.39 is 29.9 Å². The Hall–Kier alpha value is -6.49. The Balaban J connectivity index is 0.000000330. The summed E-state index contributed by atoms with van der Waals surface area (Å²) in [6.45, 7) is 75.2. The fourth-order valence-electron chi connectivity index (χ4n) is 19.7. The molecule has 23 nitrogen and oxygen atoms in total. The molecule has 9 aliphatic rings. The number of aliphatic hydroxyl groups is 4. The van der Waals surface area contributed by atoms with Crippen molar-refractivity contribution < 1.29 is 111 Å². The molecule has 0 aromatic heterocycles. The van der Waals surface area contributed by atoms with Crippen LogP contribution in [0.3, 0.4) is 0 Å². The highest BCUT2D eigenvalue weighted by atomic mass is 16.8. The standard InChI is InChI=1S/C17H24O3.C14H26O3.C14H16.2C12H22O3.C11H20O4.C11H16.C10H20O.C8H16O4.C7H6O.C3H6O/c1-5-14-12(4)16(15(19-14)11(2)3)20-17(18)13-9-7-6-8-10-13;1-8(2)14-11(5)9(3)10(4)13(17-14)7-16-12(6)15;1-11(2)9-12-7-8-13-5-3-4-6-14(13)10-12;1-6-8-10-11(9(13-8)7(2)3)15-12(4,5)14-10;1-6-10-8(4)12(14-9(5)13)11(15-10)7(2)3;1-6(2)8-10-9(7(5-12)13-8)14-11(3,4)15-10;1-9(2)8-11-6-4-10(3)5-7-11;1-5-9-8(4)6-10(11-9)7(2)3;1-4(2)8-7(11)6(10)5(3-9)12-8;8-6-7-4-2-1-3-5-7;1-2-3-4/h6-12,14-16H,5H2,1-4H3;8-11,13-14H,7H2,1-6H3;3-8,10-11H,9H2,1-2H3;7-11H,6H2,1-5H3;7-8,10-12H,6H2,1-5H3;6-10,12H,5H2,1-4H3;4-7,9H,8H2,1-3H3;7-10H,5-6H2,1-4H3;4-11H,3H2,1-2H3;1-6H;3H,2H2,1H3/t12-,14-,15+,16-;;;8-,9+,10-,11+;8-,10-,11+,12-;7-,8+,9-,10+;;8-,9+,10?;5-,6-,7-,8+;;/m0..111.01../s1. The first-order valence-corrected chi connectivity index (χ1v) is 53.7. The molecule has 808 valence electrons. The quantitative estimate of drug-likeness (QED) is 0.0253. The van der Waals surface area contributed by atoms with Crippen LogP contribution in [0.1, 0.15) is 318 Å². The smallest absolute Gasteiger partial charge is 0.338 e. The molecule has 14 rings (SSSR count). The minimum Gasteiger partial charge on any atom is -0.463 e. The third kappa shape index (κ3) is 40.9. The highest BCUT2D eigenvalue weighted by Gasteiger charge is 2.57. The number of fused-ring (bicyclic) bond motifs is 3. The van der Waals surface area contributed by atoms with Crippen LogP contribution in [-0.4, -0.2) is 217 Å². The summed E-state index contributed by atoms with van der Waals surface area (Å²) >= 11 is 0. The minimum atomic E-state index is -0.956. The van der Waals surface area contributed by atoms with Gasteiger partial charge in [-0.3, -0.25) is 14.4 Å². The summed E-state index contributed by atoms with van der Waals surface area (Å²) in [5.74, 6) is 5.58. The maximum atomic E-state index is 12.2. The molecule has 142 heavy (non-hydrogen) atoms. The summed E-state index contributed by atoms with van der Waals surface area (Å²) < 4.78 is 80.6. The highest BCUT2D eigenvalue weighted by molar-refractivity contribution is 5.89. The summed E-state index contributed by atoms with van der Waals surface area (Å²) in [5.41, 5.74) is 5.57. The van der Waals surface area contributed by atoms with Gasteiger partial charge in [-0.2, -0.15) is 0 Å². The number of hydrogen-bond donors (Lipinski definition) is 4. The van der Waals surface area contributed by atoms with Crippen LogP contribution in [0.25, 0.3) is 10.8 Å². The highest BCUT2D eigenvalue weighted by Crippen LogP contribution is 2.45. The van der Waals surface area contributed by atoms with Crippen LogP contribution in [0.15, 0.2) is 127 Å². The van der Waals surface area contributed by atoms with Gasteiger partial charge in [-0.05, 0) is 191 Å². The molecule has 28 atom stereocenters. The second-order valence-electron chi connectivity index (χ2n) is 44.5. The summed E-state index contributed by atoms with van der Waals surface area (Å²) in [5, 5.41) is 39.5. The number of benzene rings is 5. The Morgan fingerprint density at radius 2 is 0.803 bits per heavy atom. The third-order valence-corrected chi connectivity index (χ3v) is 28.0. The number of aldehydes is 2. The zero-order valence-corrected chi connectivity index (χ0v) is 94.0. The molecule has 0 radical (unpaired) electrons. The van der Waals surface area contributed by atoms with Gasteiger partial charge in [0, 0.05) is 37.7 Å². The van der Waals surface area contributed by atoms with Gasteiger partial charge in [0.05, 0.1) is 92.0 Å². The largest absolute Gasteiger partial charge is 0.463 e. The molecule has 9 heterocycles. The normalized spacial score (nSPS) is 30.9. The van der Waals surface area contributed by atoms with Crippen LogP contribution in [0.2, 0.25) is 0 Å². The van der Waals surface area contributed by atoms with Gasteiger partial charge in [0.25, 0.3) is 0 Å². The summed E-state index contributed by atoms with van der Waals surface area (Å²) in [7, 11) is 0. The molecule has 9 fully saturated rings. The van der Waals surface area contributed by atoms with Crippen molar-refractivity contribution in [3.05, 3.63) is 155 Å². The molecular formula is C119H194O23. The van der Waals surface area contributed by atoms with Crippen LogP contribution in [0, 0.1) is 95.7 Å². The molecular weight excluding hydrogens is 1800 g/mol. The minimum absolute atomic E-state index is 0.0101. The number of esters is 3. The average molecular weight is 1990 g/mol. The number of aliphatic hydroxyl groups excluding tert-OH is 4. The Kier molecular flexibility index (Phi) is 57.0. The second kappa shape index (κ2) is 63.4. The van der Waals surface area contributed by atoms with Gasteiger partial charge in [-0.15, -0.1) is 0 Å². The van der Waals surface area contributed by atoms with Crippen molar-refractivity contribution in [3.8, 4) is 0 Å². The van der Waals surface area contributed by atoms with Crippen molar-refractivity contribution in [2.24, 2.45) is 88.8 Å². The van der Waals surface area contributed by atoms with Gasteiger partial charge < -0.3 is 91.5 Å². The van der Waals surface area contributed by atoms with E-state index in [1.165, 1.54) is 67.0 Å². The predicted octanol–water partition coefficient (Wildman–Crippen LogP) is 23.5. The maximum absolute atomic E-state index is 12.2. The number of rotatable bonds is 24. The lowest BCUT2D eigenvalue weighted by atomic mass is 9.74. The van der Waals surface area contributed by atoms with Gasteiger partial charge in [-0.25, -0.2) is 4.79 Å². The van der Waals surface area contributed by atoms with Crippen molar-refractivity contribution in [3.63, 3.8) is 0 Å². The van der Waals surface area contributed by atoms with Crippen molar-refractivity contribution in [1.29, 1.82) is 0 Å². The van der Waals surface area contributed by atoms with Crippen LogP contribution in [0.5, 0.6) is 0 Å². The number of ether oxygens (including phenoxy) is 14. The Labute approximate surface area is 857 Å². The third-order valence-electron chi connectivity index (χ3n) is 28.0. The van der Waals surface area contributed by atoms with Crippen molar-refractivity contribution in [2.75, 3.05) is 19.8 Å². The van der Waals surface area contributed by atoms with Crippen molar-refractivity contribution in [2.45, 2.75) is 446 Å². The number of hydrogen-bond acceptors (Lipinski definition) is 23. The first-order chi connectivity index (χ1) is 66.7. The molecule has 9 aliphatic heterocycles. The van der Waals surface area contributed by atoms with Crippen LogP contribution >= 0.6 is 0 Å². The Morgan fingerprint density at radius 1 is 0.401 bits per heavy atom. The monoisotopic (exact) mass is 1990 g/mol. The van der Waals surface area contributed by atoms with E-state index in [0.29, 0.717) is 90.0 Å². The van der Waals surface area contributed by atoms with Crippen LogP contribution in [-0.2, 0) is 93.5 Å². The molecule has 0 spiro atoms. The zero-order valence-electron chi connectivity index (χ0n) is 94.0. The fourth-order valence-corrected chi connectivity index (χ4v) is 19.7. The Bertz CT molecular complexity index is 4230. The maximum Gasteiger partial charge on any atom is 0.338 e. The lowest BCUT2D eigenvalue weighted by Crippen LogP contribution is -2.48. The van der Waals surface area contributed by atoms with Crippen LogP contribution in [0.4, 0.5) is 0 Å². The van der Waals surface area contributed by atoms with E-state index in [2.05, 4.69) is 254 Å². The predicted molar refractivity (Wildman–Crippen MR) is 567 cm³/mol. The first-order valence-electron chi connectivity index (χ1n) is 53.7. The van der Waals surface area contributed by atoms with Crippen LogP contribution < -0.4 is 0 Å². The summed E-state index contributed by atoms with van der Waals surface area (Å²) in [4.78, 5) is 53.3. The molecule has 0 aliphatic carbocycles. The van der Waals surface area contributed by atoms with Gasteiger partial charge in [-0.1, -0.05) is 322 Å². The molecule has 9 saturated heterocycles. The first kappa shape index (κ1) is 128. The SMILES string of the molecule is CC(=O)OCC1OC(C(C)C)C(C)C(C)C1C.CC(C)Cc1ccc2ccccc2c1.CC(C)[C@@H]1O[C@H](CO)[C@@H](O)[C@H]1O.CC(C)[C@@H]1O[C@H](CO)[C@H]2OC(C)(C)O[C@H]21.CCC=O.CC[C@@H]1O[C@H](C(C)C)[C@@H](OC(=O)c2ccccc2)[C@H]1C.CC[C@H]1OC(C(C)C)C[C@@H]1C.CC[C@H]1O[C@@H](C(C)C)[C@@H]2OC(C)(C)O[C@@H]21.CC[C@H]1O[C@@H](C(C)C)[C@H](OC(C)=O)[C@@H]1C.Cc1ccc(CC(C)C)cc1.O=Cc1ccccc1. The van der Waals surface area contributed by atoms with Gasteiger partial charge >= 0.3 is 17.9 Å². The van der Waals surface area contributed by atoms with E-state index in [-0.39, 0.29) is 147 Å². The number of carbonyl (C=O) groups excluding carboxylic acids is 5. The fraction of sp³-hybridized carbons (Fsp3) is 0.723. The number of carbonyl (C=O) groups is 5. The topological polar surface area (TPSA) is 295 Å². The lowest BCUT2D eigenvalue weighted by molar-refractivity contribution is -0.194. The van der Waals surface area contributed by atoms with E-state index in [1.807, 2.05) is 84.9 Å². The molecule has 0 amide bonds. The summed E-state index contributed by atoms with van der Waals surface area (Å²) in [6.07, 6.45) is 9.02. The van der Waals surface area contributed by atoms with E-state index >= 15 is 0 Å². The van der Waals surface area contributed by atoms with Gasteiger partial charge in [0.15, 0.2) is 11.6 Å². The van der Waals surface area contributed by atoms with Gasteiger partial charge in [0.2, 0.25) is 0 Å². The molecule has 5 aromatic carbocycles. The molecule has 4 N–H and O–H groups in total. The molecule has 23 heteroatoms. The number of aryl methyl sites for hydroxylation is 1. The summed E-state index contributed by atoms with van der Waals surface area (Å²) in [6, 6.07) is 42.3. The molecule has 0 bridgehead atoms. The average Bonchev–Trinajstić information content (AvgIpc) is 1.62. The van der Waals surface area contributed by atoms with E-state index in [4.69, 9.17) is 71.4 Å². The van der Waals surface area contributed by atoms with Crippen molar-refractivity contribution >= 4 is 41.3 Å². The zero-order chi connectivity index (χ0) is 107. The van der Waals surface area contributed by atoms with Gasteiger partial charge in [0.1, 0.15) is 80.2 Å². The van der Waals surface area contributed by atoms with E-state index in [9.17, 15) is 39.3 Å². The van der Waals surface area contributed by atoms with Crippen molar-refractivity contribution in [1.82, 2.24) is 0 Å². The molecule has 0 saturated carbocycles. The Morgan fingerprint density at radius 3 is 1.19 bits per heavy atom. The second-order valence-corrected chi connectivity index (χ2v) is 44.5.